The van der Waals surface area contributed by atoms with Gasteiger partial charge in [0.1, 0.15) is 5.82 Å². The number of hydrogen-bond donors (Lipinski definition) is 1. The largest absolute Gasteiger partial charge is 0.262 e. The topological polar surface area (TPSA) is 42.0 Å². The van der Waals surface area contributed by atoms with Crippen LogP contribution in [-0.4, -0.2) is 13.9 Å². The first kappa shape index (κ1) is 16.8. The van der Waals surface area contributed by atoms with E-state index in [0.717, 1.165) is 16.8 Å². The quantitative estimate of drug-likeness (QED) is 0.932. The van der Waals surface area contributed by atoms with Crippen LogP contribution in [0.2, 0.25) is 0 Å². The van der Waals surface area contributed by atoms with Crippen molar-refractivity contribution in [3.63, 3.8) is 0 Å². The molecular formula is C17H21FN2OS. The summed E-state index contributed by atoms with van der Waals surface area (Å²) in [6.45, 7) is 7.77. The minimum atomic E-state index is -1.22. The van der Waals surface area contributed by atoms with Gasteiger partial charge in [0.2, 0.25) is 0 Å². The molecule has 0 saturated carbocycles. The fraction of sp³-hybridized carbons (Fsp3) is 0.353. The lowest BCUT2D eigenvalue weighted by Crippen LogP contribution is -2.33. The van der Waals surface area contributed by atoms with Gasteiger partial charge in [-0.1, -0.05) is 12.1 Å². The number of halogens is 1. The number of aryl methyl sites for hydroxylation is 1. The minimum absolute atomic E-state index is 0.241. The summed E-state index contributed by atoms with van der Waals surface area (Å²) in [7, 11) is -1.22. The van der Waals surface area contributed by atoms with Crippen molar-refractivity contribution in [2.45, 2.75) is 39.0 Å². The van der Waals surface area contributed by atoms with Crippen LogP contribution in [0.5, 0.6) is 0 Å². The van der Waals surface area contributed by atoms with Crippen LogP contribution < -0.4 is 4.72 Å². The predicted molar refractivity (Wildman–Crippen MR) is 89.1 cm³/mol. The van der Waals surface area contributed by atoms with E-state index in [9.17, 15) is 8.60 Å². The Balaban J connectivity index is 2.15. The number of hydrogen-bond acceptors (Lipinski definition) is 2. The molecule has 22 heavy (non-hydrogen) atoms. The summed E-state index contributed by atoms with van der Waals surface area (Å²) in [5.74, 6) is -0.301. The predicted octanol–water partition coefficient (Wildman–Crippen LogP) is 3.75. The highest BCUT2D eigenvalue weighted by molar-refractivity contribution is 7.84. The second-order valence-corrected chi connectivity index (χ2v) is 8.25. The summed E-state index contributed by atoms with van der Waals surface area (Å²) in [5.41, 5.74) is 3.14. The Morgan fingerprint density at radius 2 is 1.86 bits per heavy atom. The van der Waals surface area contributed by atoms with E-state index in [1.54, 1.807) is 12.3 Å². The standard InChI is InChI=1S/C17H21FN2OS/c1-12-9-14(7-8-19-12)13-5-6-15(16(18)10-13)11-20-22(21)17(2,3)4/h5-10,20H,11H2,1-4H3. The van der Waals surface area contributed by atoms with Gasteiger partial charge in [-0.15, -0.1) is 0 Å². The van der Waals surface area contributed by atoms with Crippen LogP contribution >= 0.6 is 0 Å². The second kappa shape index (κ2) is 6.67. The Morgan fingerprint density at radius 3 is 2.45 bits per heavy atom. The maximum absolute atomic E-state index is 14.2. The summed E-state index contributed by atoms with van der Waals surface area (Å²) in [6, 6.07) is 8.88. The lowest BCUT2D eigenvalue weighted by atomic mass is 10.0. The first-order valence-electron chi connectivity index (χ1n) is 7.14. The van der Waals surface area contributed by atoms with Gasteiger partial charge in [-0.3, -0.25) is 4.98 Å². The molecule has 1 N–H and O–H groups in total. The van der Waals surface area contributed by atoms with Crippen molar-refractivity contribution in [3.05, 3.63) is 53.6 Å². The fourth-order valence-corrected chi connectivity index (χ4v) is 2.67. The van der Waals surface area contributed by atoms with Crippen LogP contribution in [0, 0.1) is 12.7 Å². The van der Waals surface area contributed by atoms with Crippen LogP contribution in [0.1, 0.15) is 32.0 Å². The molecule has 0 spiro atoms. The molecule has 0 aliphatic carbocycles. The van der Waals surface area contributed by atoms with Gasteiger partial charge in [0.25, 0.3) is 0 Å². The number of benzene rings is 1. The normalized spacial score (nSPS) is 13.1. The molecule has 3 nitrogen and oxygen atoms in total. The van der Waals surface area contributed by atoms with Crippen molar-refractivity contribution in [1.82, 2.24) is 9.71 Å². The molecule has 1 aromatic heterocycles. The lowest BCUT2D eigenvalue weighted by Gasteiger charge is -2.18. The molecule has 0 aliphatic rings. The van der Waals surface area contributed by atoms with Crippen molar-refractivity contribution < 1.29 is 8.60 Å². The Labute approximate surface area is 133 Å². The van der Waals surface area contributed by atoms with Gasteiger partial charge in [0.05, 0.1) is 15.7 Å². The highest BCUT2D eigenvalue weighted by atomic mass is 32.2. The van der Waals surface area contributed by atoms with E-state index in [1.165, 1.54) is 6.07 Å². The molecule has 0 amide bonds. The minimum Gasteiger partial charge on any atom is -0.262 e. The van der Waals surface area contributed by atoms with Gasteiger partial charge < -0.3 is 0 Å². The van der Waals surface area contributed by atoms with Gasteiger partial charge in [0.15, 0.2) is 0 Å². The van der Waals surface area contributed by atoms with E-state index in [2.05, 4.69) is 9.71 Å². The summed E-state index contributed by atoms with van der Waals surface area (Å²) in [4.78, 5) is 4.14. The van der Waals surface area contributed by atoms with E-state index in [0.29, 0.717) is 5.56 Å². The molecule has 1 atom stereocenters. The first-order chi connectivity index (χ1) is 10.3. The summed E-state index contributed by atoms with van der Waals surface area (Å²) >= 11 is 0. The third-order valence-electron chi connectivity index (χ3n) is 3.23. The van der Waals surface area contributed by atoms with Crippen molar-refractivity contribution in [2.24, 2.45) is 0 Å². The summed E-state index contributed by atoms with van der Waals surface area (Å²) in [5, 5.41) is 0. The van der Waals surface area contributed by atoms with Crippen LogP contribution in [0.15, 0.2) is 36.5 Å². The average molecular weight is 320 g/mol. The molecule has 0 aliphatic heterocycles. The molecule has 1 aromatic carbocycles. The van der Waals surface area contributed by atoms with Gasteiger partial charge in [0, 0.05) is 24.0 Å². The number of nitrogens with one attached hydrogen (secondary N) is 1. The second-order valence-electron chi connectivity index (χ2n) is 6.19. The molecule has 0 radical (unpaired) electrons. The molecular weight excluding hydrogens is 299 g/mol. The molecule has 2 rings (SSSR count). The molecule has 0 bridgehead atoms. The Hall–Kier alpha value is -1.59. The molecule has 5 heteroatoms. The van der Waals surface area contributed by atoms with Crippen molar-refractivity contribution in [1.29, 1.82) is 0 Å². The fourth-order valence-electron chi connectivity index (χ4n) is 1.96. The molecule has 0 saturated heterocycles. The smallest absolute Gasteiger partial charge is 0.128 e. The monoisotopic (exact) mass is 320 g/mol. The van der Waals surface area contributed by atoms with Gasteiger partial charge in [-0.2, -0.15) is 0 Å². The Bertz CT molecular complexity index is 695. The van der Waals surface area contributed by atoms with E-state index >= 15 is 0 Å². The van der Waals surface area contributed by atoms with Crippen molar-refractivity contribution >= 4 is 11.0 Å². The van der Waals surface area contributed by atoms with E-state index in [-0.39, 0.29) is 17.1 Å². The van der Waals surface area contributed by atoms with Crippen LogP contribution in [0.4, 0.5) is 4.39 Å². The van der Waals surface area contributed by atoms with Gasteiger partial charge >= 0.3 is 0 Å². The number of nitrogens with zero attached hydrogens (tertiary/aromatic N) is 1. The highest BCUT2D eigenvalue weighted by Gasteiger charge is 2.19. The zero-order chi connectivity index (χ0) is 16.3. The van der Waals surface area contributed by atoms with E-state index in [4.69, 9.17) is 0 Å². The zero-order valence-corrected chi connectivity index (χ0v) is 14.1. The van der Waals surface area contributed by atoms with Gasteiger partial charge in [-0.05, 0) is 57.0 Å². The van der Waals surface area contributed by atoms with Crippen LogP contribution in [0.25, 0.3) is 11.1 Å². The molecule has 118 valence electrons. The molecule has 0 fully saturated rings. The lowest BCUT2D eigenvalue weighted by molar-refractivity contribution is 0.601. The number of pyridine rings is 1. The Kier molecular flexibility index (Phi) is 5.08. The average Bonchev–Trinajstić information content (AvgIpc) is 2.44. The van der Waals surface area contributed by atoms with Crippen molar-refractivity contribution in [2.75, 3.05) is 0 Å². The zero-order valence-electron chi connectivity index (χ0n) is 13.3. The van der Waals surface area contributed by atoms with Gasteiger partial charge in [-0.25, -0.2) is 13.3 Å². The maximum Gasteiger partial charge on any atom is 0.128 e. The molecule has 1 heterocycles. The maximum atomic E-state index is 14.2. The van der Waals surface area contributed by atoms with Crippen LogP contribution in [0.3, 0.4) is 0 Å². The summed E-state index contributed by atoms with van der Waals surface area (Å²) < 4.78 is 28.7. The van der Waals surface area contributed by atoms with E-state index in [1.807, 2.05) is 45.9 Å². The Morgan fingerprint density at radius 1 is 1.18 bits per heavy atom. The SMILES string of the molecule is Cc1cc(-c2ccc(CNS(=O)C(C)(C)C)c(F)c2)ccn1. The highest BCUT2D eigenvalue weighted by Crippen LogP contribution is 2.22. The molecule has 2 aromatic rings. The summed E-state index contributed by atoms with van der Waals surface area (Å²) in [6.07, 6.45) is 1.71. The number of aromatic nitrogens is 1. The first-order valence-corrected chi connectivity index (χ1v) is 8.29. The van der Waals surface area contributed by atoms with E-state index < -0.39 is 11.0 Å². The van der Waals surface area contributed by atoms with Crippen molar-refractivity contribution in [3.8, 4) is 11.1 Å². The third-order valence-corrected chi connectivity index (χ3v) is 4.75. The third kappa shape index (κ3) is 4.21. The molecule has 1 unspecified atom stereocenters. The van der Waals surface area contributed by atoms with Crippen LogP contribution in [-0.2, 0) is 17.5 Å². The number of rotatable bonds is 4.